The number of hydrogen-bond acceptors (Lipinski definition) is 3. The Bertz CT molecular complexity index is 219. The van der Waals surface area contributed by atoms with Crippen LogP contribution in [-0.2, 0) is 14.3 Å². The molecule has 3 heteroatoms. The Kier molecular flexibility index (Phi) is 3.62. The van der Waals surface area contributed by atoms with Crippen LogP contribution in [0.3, 0.4) is 0 Å². The molecule has 0 bridgehead atoms. The highest BCUT2D eigenvalue weighted by Gasteiger charge is 2.37. The molecular weight excluding hydrogens is 192 g/mol. The Hall–Kier alpha value is -0.570. The van der Waals surface area contributed by atoms with Gasteiger partial charge >= 0.3 is 5.97 Å². The summed E-state index contributed by atoms with van der Waals surface area (Å²) < 4.78 is 10.4. The number of esters is 1. The zero-order chi connectivity index (χ0) is 10.7. The van der Waals surface area contributed by atoms with E-state index in [1.165, 1.54) is 26.4 Å². The average Bonchev–Trinajstić information content (AvgIpc) is 2.98. The minimum atomic E-state index is -0.282. The van der Waals surface area contributed by atoms with Gasteiger partial charge < -0.3 is 9.47 Å². The zero-order valence-corrected chi connectivity index (χ0v) is 9.41. The highest BCUT2D eigenvalue weighted by Crippen LogP contribution is 2.35. The molecule has 0 aromatic heterocycles. The third-order valence-electron chi connectivity index (χ3n) is 3.53. The minimum Gasteiger partial charge on any atom is -0.467 e. The smallest absolute Gasteiger partial charge is 0.335 e. The molecule has 0 amide bonds. The van der Waals surface area contributed by atoms with Crippen molar-refractivity contribution in [1.82, 2.24) is 0 Å². The van der Waals surface area contributed by atoms with Crippen molar-refractivity contribution in [3.8, 4) is 0 Å². The van der Waals surface area contributed by atoms with Crippen LogP contribution >= 0.6 is 0 Å². The summed E-state index contributed by atoms with van der Waals surface area (Å²) in [6, 6.07) is 0. The molecule has 0 aliphatic heterocycles. The number of rotatable bonds is 6. The highest BCUT2D eigenvalue weighted by molar-refractivity contribution is 5.75. The average molecular weight is 212 g/mol. The Morgan fingerprint density at radius 3 is 2.53 bits per heavy atom. The fourth-order valence-corrected chi connectivity index (χ4v) is 2.05. The van der Waals surface area contributed by atoms with Crippen LogP contribution in [0.5, 0.6) is 0 Å². The van der Waals surface area contributed by atoms with Gasteiger partial charge in [0.25, 0.3) is 0 Å². The Morgan fingerprint density at radius 1 is 1.33 bits per heavy atom. The summed E-state index contributed by atoms with van der Waals surface area (Å²) in [7, 11) is 1.44. The summed E-state index contributed by atoms with van der Waals surface area (Å²) in [6.45, 7) is 0.723. The normalized spacial score (nSPS) is 23.3. The molecule has 2 saturated carbocycles. The van der Waals surface area contributed by atoms with E-state index in [0.29, 0.717) is 5.92 Å². The largest absolute Gasteiger partial charge is 0.467 e. The molecule has 2 rings (SSSR count). The number of ether oxygens (including phenoxy) is 2. The molecule has 0 spiro atoms. The summed E-state index contributed by atoms with van der Waals surface area (Å²) in [5, 5.41) is 0. The molecule has 0 radical (unpaired) electrons. The van der Waals surface area contributed by atoms with Crippen LogP contribution < -0.4 is 0 Å². The van der Waals surface area contributed by atoms with E-state index in [-0.39, 0.29) is 12.1 Å². The number of methoxy groups -OCH3 is 1. The van der Waals surface area contributed by atoms with E-state index in [2.05, 4.69) is 0 Å². The van der Waals surface area contributed by atoms with Crippen LogP contribution in [0.15, 0.2) is 0 Å². The van der Waals surface area contributed by atoms with E-state index in [9.17, 15) is 4.79 Å². The third-order valence-corrected chi connectivity index (χ3v) is 3.53. The first-order chi connectivity index (χ1) is 7.31. The van der Waals surface area contributed by atoms with E-state index in [1.807, 2.05) is 0 Å². The van der Waals surface area contributed by atoms with Gasteiger partial charge in [-0.2, -0.15) is 0 Å². The van der Waals surface area contributed by atoms with Crippen LogP contribution in [0, 0.1) is 11.8 Å². The lowest BCUT2D eigenvalue weighted by Gasteiger charge is -2.25. The maximum atomic E-state index is 11.4. The maximum absolute atomic E-state index is 11.4. The van der Waals surface area contributed by atoms with Crippen LogP contribution in [-0.4, -0.2) is 25.8 Å². The van der Waals surface area contributed by atoms with Gasteiger partial charge in [0, 0.05) is 6.61 Å². The van der Waals surface area contributed by atoms with Gasteiger partial charge in [-0.25, -0.2) is 4.79 Å². The van der Waals surface area contributed by atoms with Crippen LogP contribution in [0.1, 0.15) is 38.5 Å². The molecule has 0 aromatic rings. The van der Waals surface area contributed by atoms with Gasteiger partial charge in [-0.3, -0.25) is 0 Å². The minimum absolute atomic E-state index is 0.189. The topological polar surface area (TPSA) is 35.5 Å². The van der Waals surface area contributed by atoms with Gasteiger partial charge in [-0.15, -0.1) is 0 Å². The predicted octanol–water partition coefficient (Wildman–Crippen LogP) is 2.14. The Morgan fingerprint density at radius 2 is 2.07 bits per heavy atom. The molecule has 1 unspecified atom stereocenters. The standard InChI is InChI=1S/C12H20O3/c1-14-12(13)11(10-5-6-10)15-8-7-9-3-2-4-9/h9-11H,2-8H2,1H3. The van der Waals surface area contributed by atoms with Crippen molar-refractivity contribution in [2.45, 2.75) is 44.6 Å². The van der Waals surface area contributed by atoms with Gasteiger partial charge in [-0.05, 0) is 31.1 Å². The summed E-state index contributed by atoms with van der Waals surface area (Å²) >= 11 is 0. The summed E-state index contributed by atoms with van der Waals surface area (Å²) in [5.41, 5.74) is 0. The molecule has 3 nitrogen and oxygen atoms in total. The molecule has 86 valence electrons. The van der Waals surface area contributed by atoms with Crippen LogP contribution in [0.4, 0.5) is 0 Å². The van der Waals surface area contributed by atoms with Gasteiger partial charge in [0.1, 0.15) is 0 Å². The van der Waals surface area contributed by atoms with Crippen LogP contribution in [0.2, 0.25) is 0 Å². The van der Waals surface area contributed by atoms with Crippen molar-refractivity contribution >= 4 is 5.97 Å². The predicted molar refractivity (Wildman–Crippen MR) is 56.4 cm³/mol. The first kappa shape index (κ1) is 10.9. The fraction of sp³-hybridized carbons (Fsp3) is 0.917. The molecule has 0 N–H and O–H groups in total. The van der Waals surface area contributed by atoms with E-state index in [4.69, 9.17) is 9.47 Å². The second-order valence-corrected chi connectivity index (χ2v) is 4.74. The molecule has 0 aromatic carbocycles. The number of hydrogen-bond donors (Lipinski definition) is 0. The Labute approximate surface area is 91.1 Å². The quantitative estimate of drug-likeness (QED) is 0.633. The van der Waals surface area contributed by atoms with Crippen molar-refractivity contribution in [3.05, 3.63) is 0 Å². The zero-order valence-electron chi connectivity index (χ0n) is 9.41. The first-order valence-corrected chi connectivity index (χ1v) is 6.00. The molecular formula is C12H20O3. The van der Waals surface area contributed by atoms with Crippen molar-refractivity contribution < 1.29 is 14.3 Å². The third kappa shape index (κ3) is 2.94. The Balaban J connectivity index is 1.66. The number of carbonyl (C=O) groups excluding carboxylic acids is 1. The van der Waals surface area contributed by atoms with Crippen molar-refractivity contribution in [2.75, 3.05) is 13.7 Å². The van der Waals surface area contributed by atoms with E-state index in [1.54, 1.807) is 0 Å². The van der Waals surface area contributed by atoms with Crippen LogP contribution in [0.25, 0.3) is 0 Å². The van der Waals surface area contributed by atoms with Gasteiger partial charge in [-0.1, -0.05) is 19.3 Å². The first-order valence-electron chi connectivity index (χ1n) is 6.00. The van der Waals surface area contributed by atoms with Crippen molar-refractivity contribution in [2.24, 2.45) is 11.8 Å². The van der Waals surface area contributed by atoms with Crippen molar-refractivity contribution in [3.63, 3.8) is 0 Å². The van der Waals surface area contributed by atoms with Crippen molar-refractivity contribution in [1.29, 1.82) is 0 Å². The summed E-state index contributed by atoms with van der Waals surface area (Å²) in [4.78, 5) is 11.4. The highest BCUT2D eigenvalue weighted by atomic mass is 16.6. The van der Waals surface area contributed by atoms with E-state index >= 15 is 0 Å². The molecule has 0 saturated heterocycles. The molecule has 1 atom stereocenters. The summed E-state index contributed by atoms with van der Waals surface area (Å²) in [5.74, 6) is 1.09. The summed E-state index contributed by atoms with van der Waals surface area (Å²) in [6.07, 6.45) is 7.11. The second kappa shape index (κ2) is 4.97. The molecule has 0 heterocycles. The molecule has 2 aliphatic rings. The molecule has 2 fully saturated rings. The second-order valence-electron chi connectivity index (χ2n) is 4.74. The van der Waals surface area contributed by atoms with Gasteiger partial charge in [0.05, 0.1) is 7.11 Å². The lowest BCUT2D eigenvalue weighted by molar-refractivity contribution is -0.156. The molecule has 15 heavy (non-hydrogen) atoms. The lowest BCUT2D eigenvalue weighted by Crippen LogP contribution is -2.29. The number of carbonyl (C=O) groups is 1. The van der Waals surface area contributed by atoms with E-state index < -0.39 is 0 Å². The monoisotopic (exact) mass is 212 g/mol. The maximum Gasteiger partial charge on any atom is 0.335 e. The lowest BCUT2D eigenvalue weighted by atomic mass is 9.83. The van der Waals surface area contributed by atoms with Gasteiger partial charge in [0.2, 0.25) is 0 Å². The SMILES string of the molecule is COC(=O)C(OCCC1CCC1)C1CC1. The fourth-order valence-electron chi connectivity index (χ4n) is 2.05. The molecule has 2 aliphatic carbocycles. The van der Waals surface area contributed by atoms with Gasteiger partial charge in [0.15, 0.2) is 6.10 Å². The van der Waals surface area contributed by atoms with E-state index in [0.717, 1.165) is 31.8 Å².